The Bertz CT molecular complexity index is 247. The van der Waals surface area contributed by atoms with Crippen LogP contribution in [-0.2, 0) is 6.54 Å². The molecule has 3 nitrogen and oxygen atoms in total. The molecule has 0 radical (unpaired) electrons. The molecule has 0 saturated carbocycles. The predicted octanol–water partition coefficient (Wildman–Crippen LogP) is 1.54. The van der Waals surface area contributed by atoms with E-state index in [2.05, 4.69) is 27.9 Å². The van der Waals surface area contributed by atoms with Crippen molar-refractivity contribution in [3.8, 4) is 0 Å². The van der Waals surface area contributed by atoms with E-state index in [-0.39, 0.29) is 0 Å². The number of nitrogens with one attached hydrogen (secondary N) is 2. The molecule has 0 unspecified atom stereocenters. The summed E-state index contributed by atoms with van der Waals surface area (Å²) in [7, 11) is 0. The zero-order chi connectivity index (χ0) is 10.2. The Morgan fingerprint density at radius 2 is 2.14 bits per heavy atom. The quantitative estimate of drug-likeness (QED) is 0.675. The highest BCUT2D eigenvalue weighted by molar-refractivity contribution is 7.09. The predicted molar refractivity (Wildman–Crippen MR) is 61.7 cm³/mol. The van der Waals surface area contributed by atoms with Gasteiger partial charge in [0, 0.05) is 17.6 Å². The molecule has 0 aliphatic heterocycles. The average molecular weight is 213 g/mol. The highest BCUT2D eigenvalue weighted by Crippen LogP contribution is 2.07. The molecule has 14 heavy (non-hydrogen) atoms. The van der Waals surface area contributed by atoms with Crippen molar-refractivity contribution in [2.75, 3.05) is 19.6 Å². The smallest absolute Gasteiger partial charge is 0.107 e. The van der Waals surface area contributed by atoms with Crippen LogP contribution in [0.1, 0.15) is 24.0 Å². The lowest BCUT2D eigenvalue weighted by Crippen LogP contribution is -2.21. The second kappa shape index (κ2) is 6.92. The summed E-state index contributed by atoms with van der Waals surface area (Å²) in [6.07, 6.45) is 1.18. The minimum Gasteiger partial charge on any atom is -0.317 e. The third-order valence-corrected chi connectivity index (χ3v) is 2.87. The van der Waals surface area contributed by atoms with E-state index in [0.717, 1.165) is 31.9 Å². The van der Waals surface area contributed by atoms with Crippen LogP contribution in [0.5, 0.6) is 0 Å². The van der Waals surface area contributed by atoms with Crippen LogP contribution in [0, 0.1) is 6.92 Å². The molecule has 2 N–H and O–H groups in total. The Balaban J connectivity index is 1.99. The molecule has 0 aliphatic carbocycles. The largest absolute Gasteiger partial charge is 0.317 e. The van der Waals surface area contributed by atoms with Crippen LogP contribution in [0.25, 0.3) is 0 Å². The first-order valence-corrected chi connectivity index (χ1v) is 6.03. The summed E-state index contributed by atoms with van der Waals surface area (Å²) in [5, 5.41) is 9.96. The van der Waals surface area contributed by atoms with E-state index in [1.54, 1.807) is 11.3 Å². The van der Waals surface area contributed by atoms with E-state index in [4.69, 9.17) is 0 Å². The highest BCUT2D eigenvalue weighted by atomic mass is 32.1. The van der Waals surface area contributed by atoms with Gasteiger partial charge in [0.15, 0.2) is 0 Å². The maximum Gasteiger partial charge on any atom is 0.107 e. The molecule has 0 saturated heterocycles. The average Bonchev–Trinajstić information content (AvgIpc) is 2.58. The van der Waals surface area contributed by atoms with Crippen molar-refractivity contribution >= 4 is 11.3 Å². The molecule has 0 atom stereocenters. The Hall–Kier alpha value is -0.450. The van der Waals surface area contributed by atoms with E-state index in [9.17, 15) is 0 Å². The van der Waals surface area contributed by atoms with Crippen LogP contribution in [0.3, 0.4) is 0 Å². The van der Waals surface area contributed by atoms with E-state index in [1.807, 2.05) is 6.92 Å². The lowest BCUT2D eigenvalue weighted by molar-refractivity contribution is 0.605. The van der Waals surface area contributed by atoms with E-state index >= 15 is 0 Å². The molecule has 0 spiro atoms. The van der Waals surface area contributed by atoms with E-state index in [0.29, 0.717) is 0 Å². The molecule has 0 fully saturated rings. The molecule has 0 aromatic carbocycles. The maximum atomic E-state index is 4.39. The van der Waals surface area contributed by atoms with Crippen LogP contribution in [0.2, 0.25) is 0 Å². The van der Waals surface area contributed by atoms with Crippen LogP contribution in [-0.4, -0.2) is 24.6 Å². The summed E-state index contributed by atoms with van der Waals surface area (Å²) in [6, 6.07) is 0. The summed E-state index contributed by atoms with van der Waals surface area (Å²) in [5.41, 5.74) is 1.12. The fraction of sp³-hybridized carbons (Fsp3) is 0.700. The normalized spacial score (nSPS) is 10.7. The van der Waals surface area contributed by atoms with Crippen molar-refractivity contribution in [3.05, 3.63) is 16.1 Å². The zero-order valence-electron chi connectivity index (χ0n) is 8.97. The molecular formula is C10H19N3S. The van der Waals surface area contributed by atoms with Crippen LogP contribution < -0.4 is 10.6 Å². The van der Waals surface area contributed by atoms with Gasteiger partial charge in [-0.05, 0) is 33.0 Å². The number of aromatic nitrogens is 1. The molecule has 1 heterocycles. The Kier molecular flexibility index (Phi) is 5.75. The fourth-order valence-electron chi connectivity index (χ4n) is 1.19. The molecule has 4 heteroatoms. The number of hydrogen-bond donors (Lipinski definition) is 2. The van der Waals surface area contributed by atoms with Gasteiger partial charge in [0.05, 0.1) is 0 Å². The third-order valence-electron chi connectivity index (χ3n) is 1.90. The highest BCUT2D eigenvalue weighted by Gasteiger charge is 1.96. The number of thiazole rings is 1. The van der Waals surface area contributed by atoms with Crippen LogP contribution in [0.4, 0.5) is 0 Å². The van der Waals surface area contributed by atoms with E-state index in [1.165, 1.54) is 11.4 Å². The molecule has 1 aromatic heterocycles. The number of aryl methyl sites for hydroxylation is 1. The Labute approximate surface area is 89.9 Å². The van der Waals surface area contributed by atoms with Gasteiger partial charge in [0.25, 0.3) is 0 Å². The van der Waals surface area contributed by atoms with Crippen molar-refractivity contribution < 1.29 is 0 Å². The SMILES string of the molecule is CCNCCCNCc1nc(C)cs1. The van der Waals surface area contributed by atoms with Crippen molar-refractivity contribution in [3.63, 3.8) is 0 Å². The standard InChI is InChI=1S/C10H19N3S/c1-3-11-5-4-6-12-7-10-13-9(2)8-14-10/h8,11-12H,3-7H2,1-2H3. The monoisotopic (exact) mass is 213 g/mol. The molecule has 80 valence electrons. The van der Waals surface area contributed by atoms with Crippen LogP contribution >= 0.6 is 11.3 Å². The van der Waals surface area contributed by atoms with Crippen molar-refractivity contribution in [1.82, 2.24) is 15.6 Å². The lowest BCUT2D eigenvalue weighted by atomic mass is 10.4. The Morgan fingerprint density at radius 1 is 1.36 bits per heavy atom. The van der Waals surface area contributed by atoms with Crippen molar-refractivity contribution in [2.45, 2.75) is 26.8 Å². The molecule has 0 amide bonds. The van der Waals surface area contributed by atoms with Gasteiger partial charge in [-0.1, -0.05) is 6.92 Å². The second-order valence-corrected chi connectivity index (χ2v) is 4.21. The Morgan fingerprint density at radius 3 is 2.79 bits per heavy atom. The molecule has 0 bridgehead atoms. The van der Waals surface area contributed by atoms with Gasteiger partial charge >= 0.3 is 0 Å². The summed E-state index contributed by atoms with van der Waals surface area (Å²) < 4.78 is 0. The second-order valence-electron chi connectivity index (χ2n) is 3.27. The summed E-state index contributed by atoms with van der Waals surface area (Å²) in [6.45, 7) is 8.29. The van der Waals surface area contributed by atoms with Gasteiger partial charge in [0.2, 0.25) is 0 Å². The molecule has 0 aliphatic rings. The fourth-order valence-corrected chi connectivity index (χ4v) is 1.94. The van der Waals surface area contributed by atoms with Gasteiger partial charge in [-0.2, -0.15) is 0 Å². The number of hydrogen-bond acceptors (Lipinski definition) is 4. The van der Waals surface area contributed by atoms with Crippen molar-refractivity contribution in [2.24, 2.45) is 0 Å². The first kappa shape index (κ1) is 11.6. The van der Waals surface area contributed by atoms with E-state index < -0.39 is 0 Å². The molecule has 1 aromatic rings. The molecule has 1 rings (SSSR count). The first-order valence-electron chi connectivity index (χ1n) is 5.15. The maximum absolute atomic E-state index is 4.39. The first-order chi connectivity index (χ1) is 6.83. The third kappa shape index (κ3) is 4.69. The number of nitrogens with zero attached hydrogens (tertiary/aromatic N) is 1. The van der Waals surface area contributed by atoms with Gasteiger partial charge in [0.1, 0.15) is 5.01 Å². The zero-order valence-corrected chi connectivity index (χ0v) is 9.78. The lowest BCUT2D eigenvalue weighted by Gasteiger charge is -2.02. The van der Waals surface area contributed by atoms with Gasteiger partial charge in [-0.3, -0.25) is 0 Å². The van der Waals surface area contributed by atoms with Crippen LogP contribution in [0.15, 0.2) is 5.38 Å². The minimum atomic E-state index is 0.907. The summed E-state index contributed by atoms with van der Waals surface area (Å²) in [5.74, 6) is 0. The summed E-state index contributed by atoms with van der Waals surface area (Å²) >= 11 is 1.73. The van der Waals surface area contributed by atoms with Gasteiger partial charge < -0.3 is 10.6 Å². The minimum absolute atomic E-state index is 0.907. The van der Waals surface area contributed by atoms with Crippen molar-refractivity contribution in [1.29, 1.82) is 0 Å². The van der Waals surface area contributed by atoms with Gasteiger partial charge in [-0.15, -0.1) is 11.3 Å². The van der Waals surface area contributed by atoms with Gasteiger partial charge in [-0.25, -0.2) is 4.98 Å². The summed E-state index contributed by atoms with van der Waals surface area (Å²) in [4.78, 5) is 4.39. The topological polar surface area (TPSA) is 37.0 Å². The number of rotatable bonds is 7. The molecular weight excluding hydrogens is 194 g/mol.